The van der Waals surface area contributed by atoms with Gasteiger partial charge in [0.15, 0.2) is 5.69 Å². The van der Waals surface area contributed by atoms with Crippen molar-refractivity contribution in [3.63, 3.8) is 0 Å². The molecule has 0 fully saturated rings. The molecule has 1 N–H and O–H groups in total. The molecule has 6 heteroatoms. The summed E-state index contributed by atoms with van der Waals surface area (Å²) in [6.07, 6.45) is 3.50. The van der Waals surface area contributed by atoms with Crippen molar-refractivity contribution in [2.75, 3.05) is 7.11 Å². The number of carbonyl (C=O) groups excluding carboxylic acids is 1. The normalized spacial score (nSPS) is 10.7. The molecule has 0 spiro atoms. The largest absolute Gasteiger partial charge is 0.464 e. The van der Waals surface area contributed by atoms with Gasteiger partial charge in [-0.1, -0.05) is 6.07 Å². The van der Waals surface area contributed by atoms with Gasteiger partial charge in [0.1, 0.15) is 5.82 Å². The molecule has 0 aliphatic rings. The number of hydrogen-bond acceptors (Lipinski definition) is 5. The molecule has 2 aromatic heterocycles. The molecule has 0 aliphatic heterocycles. The molecule has 0 radical (unpaired) electrons. The van der Waals surface area contributed by atoms with E-state index in [0.29, 0.717) is 5.82 Å². The number of carbonyl (C=O) groups is 1. The molecule has 1 aromatic carbocycles. The predicted octanol–water partition coefficient (Wildman–Crippen LogP) is 2.11. The van der Waals surface area contributed by atoms with Crippen LogP contribution >= 0.6 is 0 Å². The van der Waals surface area contributed by atoms with Crippen LogP contribution in [0.2, 0.25) is 0 Å². The van der Waals surface area contributed by atoms with Crippen molar-refractivity contribution in [3.05, 3.63) is 42.1 Å². The van der Waals surface area contributed by atoms with Gasteiger partial charge >= 0.3 is 5.97 Å². The number of nitrogens with zero attached hydrogens (tertiary/aromatic N) is 3. The predicted molar refractivity (Wildman–Crippen MR) is 73.2 cm³/mol. The van der Waals surface area contributed by atoms with Crippen molar-refractivity contribution in [2.45, 2.75) is 6.92 Å². The Bertz CT molecular complexity index is 777. The fourth-order valence-corrected chi connectivity index (χ4v) is 1.99. The Morgan fingerprint density at radius 2 is 1.95 bits per heavy atom. The van der Waals surface area contributed by atoms with Crippen LogP contribution in [0.4, 0.5) is 0 Å². The summed E-state index contributed by atoms with van der Waals surface area (Å²) in [5, 5.41) is 7.51. The highest BCUT2D eigenvalue weighted by atomic mass is 16.5. The van der Waals surface area contributed by atoms with Crippen LogP contribution in [-0.4, -0.2) is 33.2 Å². The number of hydrogen-bond donors (Lipinski definition) is 1. The Labute approximate surface area is 114 Å². The quantitative estimate of drug-likeness (QED) is 0.720. The molecular formula is C14H12N4O2. The number of fused-ring (bicyclic) bond motifs is 1. The van der Waals surface area contributed by atoms with Crippen LogP contribution in [0, 0.1) is 6.92 Å². The smallest absolute Gasteiger partial charge is 0.359 e. The molecule has 0 amide bonds. The van der Waals surface area contributed by atoms with Crippen molar-refractivity contribution in [3.8, 4) is 11.1 Å². The zero-order valence-electron chi connectivity index (χ0n) is 11.0. The number of benzene rings is 1. The summed E-state index contributed by atoms with van der Waals surface area (Å²) in [5.74, 6) is 0.252. The summed E-state index contributed by atoms with van der Waals surface area (Å²) in [5.41, 5.74) is 2.86. The zero-order valence-corrected chi connectivity index (χ0v) is 11.0. The third kappa shape index (κ3) is 2.01. The van der Waals surface area contributed by atoms with Gasteiger partial charge in [-0.3, -0.25) is 5.10 Å². The lowest BCUT2D eigenvalue weighted by atomic mass is 10.1. The fraction of sp³-hybridized carbons (Fsp3) is 0.143. The summed E-state index contributed by atoms with van der Waals surface area (Å²) >= 11 is 0. The molecule has 2 heterocycles. The van der Waals surface area contributed by atoms with Crippen LogP contribution in [0.5, 0.6) is 0 Å². The van der Waals surface area contributed by atoms with E-state index >= 15 is 0 Å². The van der Waals surface area contributed by atoms with E-state index in [1.165, 1.54) is 7.11 Å². The second-order valence-electron chi connectivity index (χ2n) is 4.34. The van der Waals surface area contributed by atoms with E-state index in [0.717, 1.165) is 22.0 Å². The van der Waals surface area contributed by atoms with E-state index < -0.39 is 5.97 Å². The number of esters is 1. The maximum absolute atomic E-state index is 11.7. The summed E-state index contributed by atoms with van der Waals surface area (Å²) in [4.78, 5) is 20.0. The second-order valence-corrected chi connectivity index (χ2v) is 4.34. The summed E-state index contributed by atoms with van der Waals surface area (Å²) in [7, 11) is 1.33. The molecule has 0 bridgehead atoms. The molecule has 0 saturated carbocycles. The number of ether oxygens (including phenoxy) is 1. The number of aryl methyl sites for hydroxylation is 1. The third-order valence-electron chi connectivity index (χ3n) is 3.06. The van der Waals surface area contributed by atoms with Gasteiger partial charge in [-0.2, -0.15) is 5.10 Å². The highest BCUT2D eigenvalue weighted by Gasteiger charge is 2.15. The monoisotopic (exact) mass is 268 g/mol. The topological polar surface area (TPSA) is 80.8 Å². The Morgan fingerprint density at radius 3 is 2.65 bits per heavy atom. The Kier molecular flexibility index (Phi) is 2.90. The average Bonchev–Trinajstić information content (AvgIpc) is 2.90. The van der Waals surface area contributed by atoms with Crippen molar-refractivity contribution in [1.29, 1.82) is 0 Å². The molecule has 0 atom stereocenters. The lowest BCUT2D eigenvalue weighted by Gasteiger charge is -2.02. The lowest BCUT2D eigenvalue weighted by molar-refractivity contribution is 0.0596. The molecular weight excluding hydrogens is 256 g/mol. The highest BCUT2D eigenvalue weighted by molar-refractivity contribution is 6.03. The molecule has 6 nitrogen and oxygen atoms in total. The first-order valence-electron chi connectivity index (χ1n) is 6.04. The van der Waals surface area contributed by atoms with Crippen molar-refractivity contribution >= 4 is 16.9 Å². The molecule has 3 rings (SSSR count). The summed E-state index contributed by atoms with van der Waals surface area (Å²) < 4.78 is 4.72. The molecule has 20 heavy (non-hydrogen) atoms. The third-order valence-corrected chi connectivity index (χ3v) is 3.06. The fourth-order valence-electron chi connectivity index (χ4n) is 1.99. The number of rotatable bonds is 2. The second kappa shape index (κ2) is 4.73. The van der Waals surface area contributed by atoms with E-state index in [-0.39, 0.29) is 5.69 Å². The standard InChI is InChI=1S/C14H12N4O2/c1-8-15-6-10(7-16-8)9-3-4-12-11(5-9)13(18-17-12)14(19)20-2/h3-7H,1-2H3,(H,17,18). The van der Waals surface area contributed by atoms with E-state index in [9.17, 15) is 4.79 Å². The number of aromatic nitrogens is 4. The van der Waals surface area contributed by atoms with Crippen LogP contribution < -0.4 is 0 Å². The van der Waals surface area contributed by atoms with E-state index in [1.54, 1.807) is 12.4 Å². The minimum atomic E-state index is -0.464. The van der Waals surface area contributed by atoms with Crippen LogP contribution in [0.25, 0.3) is 22.0 Å². The molecule has 3 aromatic rings. The Hall–Kier alpha value is -2.76. The van der Waals surface area contributed by atoms with Gasteiger partial charge in [-0.15, -0.1) is 0 Å². The minimum Gasteiger partial charge on any atom is -0.464 e. The molecule has 0 saturated heterocycles. The number of H-pyrrole nitrogens is 1. The van der Waals surface area contributed by atoms with E-state index in [4.69, 9.17) is 4.74 Å². The number of aromatic amines is 1. The van der Waals surface area contributed by atoms with E-state index in [2.05, 4.69) is 20.2 Å². The lowest BCUT2D eigenvalue weighted by Crippen LogP contribution is -2.01. The van der Waals surface area contributed by atoms with Gasteiger partial charge in [0.25, 0.3) is 0 Å². The first-order chi connectivity index (χ1) is 9.69. The van der Waals surface area contributed by atoms with Gasteiger partial charge in [-0.05, 0) is 24.6 Å². The maximum Gasteiger partial charge on any atom is 0.359 e. The summed E-state index contributed by atoms with van der Waals surface area (Å²) in [6.45, 7) is 1.83. The number of nitrogens with one attached hydrogen (secondary N) is 1. The highest BCUT2D eigenvalue weighted by Crippen LogP contribution is 2.24. The summed E-state index contributed by atoms with van der Waals surface area (Å²) in [6, 6.07) is 5.67. The molecule has 0 unspecified atom stereocenters. The Balaban J connectivity index is 2.14. The van der Waals surface area contributed by atoms with Gasteiger partial charge in [0.2, 0.25) is 0 Å². The molecule has 100 valence electrons. The first kappa shape index (κ1) is 12.3. The van der Waals surface area contributed by atoms with Gasteiger partial charge in [-0.25, -0.2) is 14.8 Å². The Morgan fingerprint density at radius 1 is 1.20 bits per heavy atom. The van der Waals surface area contributed by atoms with Gasteiger partial charge < -0.3 is 4.74 Å². The van der Waals surface area contributed by atoms with Crippen LogP contribution in [0.3, 0.4) is 0 Å². The SMILES string of the molecule is COC(=O)c1n[nH]c2ccc(-c3cnc(C)nc3)cc12. The zero-order chi connectivity index (χ0) is 14.1. The van der Waals surface area contributed by atoms with Crippen molar-refractivity contribution in [1.82, 2.24) is 20.2 Å². The van der Waals surface area contributed by atoms with Crippen LogP contribution in [0.1, 0.15) is 16.3 Å². The minimum absolute atomic E-state index is 0.275. The van der Waals surface area contributed by atoms with Crippen LogP contribution in [-0.2, 0) is 4.74 Å². The van der Waals surface area contributed by atoms with Gasteiger partial charge in [0.05, 0.1) is 12.6 Å². The average molecular weight is 268 g/mol. The molecule has 0 aliphatic carbocycles. The maximum atomic E-state index is 11.7. The van der Waals surface area contributed by atoms with Crippen molar-refractivity contribution < 1.29 is 9.53 Å². The number of methoxy groups -OCH3 is 1. The first-order valence-corrected chi connectivity index (χ1v) is 6.04. The van der Waals surface area contributed by atoms with Gasteiger partial charge in [0, 0.05) is 23.3 Å². The van der Waals surface area contributed by atoms with Crippen molar-refractivity contribution in [2.24, 2.45) is 0 Å². The van der Waals surface area contributed by atoms with Crippen LogP contribution in [0.15, 0.2) is 30.6 Å². The van der Waals surface area contributed by atoms with E-state index in [1.807, 2.05) is 25.1 Å².